The van der Waals surface area contributed by atoms with Crippen LogP contribution in [0.4, 0.5) is 0 Å². The lowest BCUT2D eigenvalue weighted by atomic mass is 9.78. The molecule has 0 saturated carbocycles. The first kappa shape index (κ1) is 37.4. The van der Waals surface area contributed by atoms with Crippen molar-refractivity contribution in [1.82, 2.24) is 0 Å². The van der Waals surface area contributed by atoms with Crippen molar-refractivity contribution in [3.05, 3.63) is 0 Å². The Morgan fingerprint density at radius 1 is 1.02 bits per heavy atom. The van der Waals surface area contributed by atoms with Gasteiger partial charge in [-0.2, -0.15) is 0 Å². The molecule has 47 heavy (non-hydrogen) atoms. The molecule has 0 radical (unpaired) electrons. The number of aliphatic hydroxyl groups excluding tert-OH is 2. The maximum absolute atomic E-state index is 11.8. The maximum atomic E-state index is 11.8. The molecule has 17 atom stereocenters. The Bertz CT molecular complexity index is 1110. The summed E-state index contributed by atoms with van der Waals surface area (Å²) in [5.74, 6) is -4.52. The molecule has 5 rings (SSSR count). The molecule has 0 aliphatic carbocycles. The van der Waals surface area contributed by atoms with Crippen molar-refractivity contribution >= 4 is 5.97 Å². The van der Waals surface area contributed by atoms with Gasteiger partial charge in [0, 0.05) is 37.7 Å². The zero-order chi connectivity index (χ0) is 34.7. The van der Waals surface area contributed by atoms with E-state index in [1.807, 2.05) is 20.8 Å². The largest absolute Gasteiger partial charge is 0.481 e. The summed E-state index contributed by atoms with van der Waals surface area (Å²) in [6.45, 7) is 15.6. The molecule has 5 heterocycles. The number of aliphatic carboxylic acids is 1. The van der Waals surface area contributed by atoms with Gasteiger partial charge in [-0.1, -0.05) is 41.5 Å². The van der Waals surface area contributed by atoms with Gasteiger partial charge in [0.05, 0.1) is 66.5 Å². The number of rotatable bonds is 10. The summed E-state index contributed by atoms with van der Waals surface area (Å²) >= 11 is 0. The molecular weight excluding hydrogens is 608 g/mol. The fraction of sp³-hybridized carbons (Fsp3) is 0.972. The van der Waals surface area contributed by atoms with E-state index in [0.717, 1.165) is 32.1 Å². The highest BCUT2D eigenvalue weighted by atomic mass is 16.7. The zero-order valence-electron chi connectivity index (χ0n) is 30.0. The summed E-state index contributed by atoms with van der Waals surface area (Å²) < 4.78 is 39.4. The van der Waals surface area contributed by atoms with Crippen molar-refractivity contribution in [2.75, 3.05) is 13.7 Å². The summed E-state index contributed by atoms with van der Waals surface area (Å²) in [5, 5.41) is 41.8. The molecule has 0 aromatic heterocycles. The molecule has 0 unspecified atom stereocenters. The second kappa shape index (κ2) is 13.7. The molecular formula is C36H62O11. The average molecular weight is 671 g/mol. The molecule has 1 spiro atoms. The standard InChI is InChI=1S/C36H62O11/c1-10-34(31-20(3)16-26(43-31)28-19(2)15-21(4)36(41,18-37)46-28)12-11-27(44-34)33(8)13-14-35(47-33)17-25(38)22(5)30(45-35)23(6)29(42-9)24(7)32(39)40/h19-31,37-38,41H,10-18H2,1-9H3,(H,39,40)/t19-,20+,21-,22-,23+,24+,25-,26-,27-,28+,29-,30-,31-,33+,34+,35-,36-/m1/s1. The van der Waals surface area contributed by atoms with Gasteiger partial charge in [0.1, 0.15) is 0 Å². The molecule has 0 amide bonds. The Morgan fingerprint density at radius 3 is 2.34 bits per heavy atom. The SMILES string of the molecule is CC[C@@]1([C@@H]2O[C@@H]([C@H]3O[C@](O)(CO)[C@H](C)C[C@H]3C)C[C@@H]2C)CC[C@H]([C@]2(C)CC[C@]3(C[C@@H](O)[C@@H](C)[C@H]([C@@H](C)[C@@H](OC)[C@H](C)C(=O)O)O3)O2)O1. The lowest BCUT2D eigenvalue weighted by Crippen LogP contribution is -2.57. The molecule has 4 N–H and O–H groups in total. The van der Waals surface area contributed by atoms with E-state index in [0.29, 0.717) is 19.3 Å². The minimum Gasteiger partial charge on any atom is -0.481 e. The molecule has 5 aliphatic rings. The zero-order valence-corrected chi connectivity index (χ0v) is 30.0. The van der Waals surface area contributed by atoms with Crippen LogP contribution in [0.3, 0.4) is 0 Å². The predicted molar refractivity (Wildman–Crippen MR) is 172 cm³/mol. The van der Waals surface area contributed by atoms with Gasteiger partial charge in [-0.15, -0.1) is 0 Å². The number of methoxy groups -OCH3 is 1. The Labute approximate surface area is 281 Å². The summed E-state index contributed by atoms with van der Waals surface area (Å²) in [5.41, 5.74) is -1.15. The number of hydrogen-bond donors (Lipinski definition) is 4. The Kier molecular flexibility index (Phi) is 10.9. The van der Waals surface area contributed by atoms with Gasteiger partial charge < -0.3 is 48.8 Å². The molecule has 0 aromatic rings. The molecule has 5 aliphatic heterocycles. The summed E-state index contributed by atoms with van der Waals surface area (Å²) in [6.07, 6.45) is 2.99. The molecule has 272 valence electrons. The smallest absolute Gasteiger partial charge is 0.308 e. The van der Waals surface area contributed by atoms with Crippen molar-refractivity contribution in [2.45, 2.75) is 172 Å². The molecule has 5 fully saturated rings. The first-order valence-electron chi connectivity index (χ1n) is 18.1. The quantitative estimate of drug-likeness (QED) is 0.264. The first-order chi connectivity index (χ1) is 22.0. The highest BCUT2D eigenvalue weighted by Crippen LogP contribution is 2.55. The fourth-order valence-electron chi connectivity index (χ4n) is 9.91. The number of carbonyl (C=O) groups is 1. The number of carboxylic acids is 1. The topological polar surface area (TPSA) is 153 Å². The van der Waals surface area contributed by atoms with E-state index in [9.17, 15) is 25.2 Å². The first-order valence-corrected chi connectivity index (χ1v) is 18.1. The van der Waals surface area contributed by atoms with Crippen LogP contribution in [-0.4, -0.2) is 106 Å². The van der Waals surface area contributed by atoms with Crippen molar-refractivity contribution in [3.63, 3.8) is 0 Å². The third kappa shape index (κ3) is 6.67. The monoisotopic (exact) mass is 670 g/mol. The highest BCUT2D eigenvalue weighted by Gasteiger charge is 2.62. The van der Waals surface area contributed by atoms with Crippen LogP contribution in [0.2, 0.25) is 0 Å². The van der Waals surface area contributed by atoms with E-state index >= 15 is 0 Å². The van der Waals surface area contributed by atoms with E-state index < -0.39 is 59.6 Å². The number of hydrogen-bond acceptors (Lipinski definition) is 10. The van der Waals surface area contributed by atoms with Crippen LogP contribution in [0.1, 0.15) is 107 Å². The average Bonchev–Trinajstić information content (AvgIpc) is 3.73. The van der Waals surface area contributed by atoms with Gasteiger partial charge in [-0.3, -0.25) is 4.79 Å². The molecule has 11 nitrogen and oxygen atoms in total. The fourth-order valence-corrected chi connectivity index (χ4v) is 9.91. The van der Waals surface area contributed by atoms with Crippen LogP contribution in [0.5, 0.6) is 0 Å². The third-order valence-electron chi connectivity index (χ3n) is 13.0. The predicted octanol–water partition coefficient (Wildman–Crippen LogP) is 4.27. The van der Waals surface area contributed by atoms with Gasteiger partial charge in [0.25, 0.3) is 0 Å². The summed E-state index contributed by atoms with van der Waals surface area (Å²) in [4.78, 5) is 11.8. The van der Waals surface area contributed by atoms with Gasteiger partial charge >= 0.3 is 5.97 Å². The Morgan fingerprint density at radius 2 is 1.72 bits per heavy atom. The van der Waals surface area contributed by atoms with Gasteiger partial charge in [-0.05, 0) is 64.2 Å². The van der Waals surface area contributed by atoms with Gasteiger partial charge in [0.15, 0.2) is 11.6 Å². The second-order valence-corrected chi connectivity index (χ2v) is 16.3. The van der Waals surface area contributed by atoms with Crippen LogP contribution >= 0.6 is 0 Å². The van der Waals surface area contributed by atoms with Crippen molar-refractivity contribution in [2.24, 2.45) is 35.5 Å². The van der Waals surface area contributed by atoms with E-state index in [-0.39, 0.29) is 54.0 Å². The molecule has 0 aromatic carbocycles. The van der Waals surface area contributed by atoms with Crippen molar-refractivity contribution in [1.29, 1.82) is 0 Å². The van der Waals surface area contributed by atoms with E-state index in [1.165, 1.54) is 7.11 Å². The van der Waals surface area contributed by atoms with Gasteiger partial charge in [0.2, 0.25) is 0 Å². The van der Waals surface area contributed by atoms with Crippen molar-refractivity contribution < 1.29 is 53.6 Å². The van der Waals surface area contributed by atoms with E-state index in [1.54, 1.807) is 6.92 Å². The normalized spacial score (nSPS) is 50.9. The molecule has 5 saturated heterocycles. The van der Waals surface area contributed by atoms with Gasteiger partial charge in [-0.25, -0.2) is 0 Å². The third-order valence-corrected chi connectivity index (χ3v) is 13.0. The van der Waals surface area contributed by atoms with Crippen molar-refractivity contribution in [3.8, 4) is 0 Å². The number of aliphatic hydroxyl groups is 3. The Balaban J connectivity index is 1.29. The van der Waals surface area contributed by atoms with E-state index in [4.69, 9.17) is 28.4 Å². The van der Waals surface area contributed by atoms with Crippen LogP contribution in [-0.2, 0) is 33.2 Å². The summed E-state index contributed by atoms with van der Waals surface area (Å²) in [6, 6.07) is 0. The minimum absolute atomic E-state index is 0.153. The van der Waals surface area contributed by atoms with Crippen LogP contribution in [0, 0.1) is 35.5 Å². The van der Waals surface area contributed by atoms with Crippen LogP contribution < -0.4 is 0 Å². The number of ether oxygens (including phenoxy) is 6. The second-order valence-electron chi connectivity index (χ2n) is 16.3. The number of carboxylic acid groups (broad SMARTS) is 1. The van der Waals surface area contributed by atoms with Crippen LogP contribution in [0.25, 0.3) is 0 Å². The Hall–Kier alpha value is -0.890. The lowest BCUT2D eigenvalue weighted by Gasteiger charge is -2.49. The minimum atomic E-state index is -1.56. The summed E-state index contributed by atoms with van der Waals surface area (Å²) in [7, 11) is 1.52. The van der Waals surface area contributed by atoms with Crippen LogP contribution in [0.15, 0.2) is 0 Å². The maximum Gasteiger partial charge on any atom is 0.308 e. The van der Waals surface area contributed by atoms with E-state index in [2.05, 4.69) is 27.7 Å². The highest BCUT2D eigenvalue weighted by molar-refractivity contribution is 5.70. The molecule has 0 bridgehead atoms. The lowest BCUT2D eigenvalue weighted by molar-refractivity contribution is -0.336. The molecule has 11 heteroatoms.